The first-order valence-corrected chi connectivity index (χ1v) is 15.4. The van der Waals surface area contributed by atoms with Gasteiger partial charge < -0.3 is 30.7 Å². The number of hydrogen-bond donors (Lipinski definition) is 3. The minimum atomic E-state index is -0.320. The van der Waals surface area contributed by atoms with Crippen LogP contribution < -0.4 is 16.0 Å². The summed E-state index contributed by atoms with van der Waals surface area (Å²) in [5.74, 6) is 0.772. The molecule has 0 radical (unpaired) electrons. The van der Waals surface area contributed by atoms with Crippen LogP contribution in [-0.2, 0) is 4.79 Å². The van der Waals surface area contributed by atoms with Gasteiger partial charge in [-0.3, -0.25) is 9.59 Å². The number of anilines is 3. The molecule has 1 fully saturated rings. The molecule has 0 unspecified atom stereocenters. The number of rotatable bonds is 11. The third-order valence-corrected chi connectivity index (χ3v) is 7.78. The molecule has 1 aromatic heterocycles. The zero-order chi connectivity index (χ0) is 31.8. The van der Waals surface area contributed by atoms with Crippen molar-refractivity contribution in [2.24, 2.45) is 0 Å². The predicted octanol–water partition coefficient (Wildman–Crippen LogP) is 5.27. The summed E-state index contributed by atoms with van der Waals surface area (Å²) >= 11 is 6.36. The fourth-order valence-electron chi connectivity index (χ4n) is 5.02. The van der Waals surface area contributed by atoms with E-state index in [1.807, 2.05) is 55.5 Å². The molecule has 1 aliphatic heterocycles. The van der Waals surface area contributed by atoms with Crippen LogP contribution in [0.3, 0.4) is 0 Å². The zero-order valence-electron chi connectivity index (χ0n) is 25.9. The van der Waals surface area contributed by atoms with E-state index in [0.717, 1.165) is 43.6 Å². The van der Waals surface area contributed by atoms with E-state index in [9.17, 15) is 9.59 Å². The van der Waals surface area contributed by atoms with Crippen LogP contribution in [0.1, 0.15) is 16.8 Å². The summed E-state index contributed by atoms with van der Waals surface area (Å²) in [4.78, 5) is 42.1. The summed E-state index contributed by atoms with van der Waals surface area (Å²) < 4.78 is 0. The van der Waals surface area contributed by atoms with E-state index in [0.29, 0.717) is 52.1 Å². The maximum absolute atomic E-state index is 13.3. The molecular formula is C34H39ClN8O2. The van der Waals surface area contributed by atoms with E-state index in [1.54, 1.807) is 42.5 Å². The van der Waals surface area contributed by atoms with Crippen LogP contribution in [0.2, 0.25) is 5.02 Å². The summed E-state index contributed by atoms with van der Waals surface area (Å²) in [6.07, 6.45) is 4.40. The Morgan fingerprint density at radius 1 is 0.956 bits per heavy atom. The Labute approximate surface area is 269 Å². The molecule has 3 aromatic carbocycles. The summed E-state index contributed by atoms with van der Waals surface area (Å²) in [5.41, 5.74) is 2.97. The van der Waals surface area contributed by atoms with Crippen molar-refractivity contribution in [2.45, 2.75) is 6.42 Å². The van der Waals surface area contributed by atoms with Crippen LogP contribution in [0.4, 0.5) is 17.2 Å². The molecule has 0 saturated carbocycles. The van der Waals surface area contributed by atoms with E-state index in [-0.39, 0.29) is 11.8 Å². The minimum absolute atomic E-state index is 0.0485. The van der Waals surface area contributed by atoms with E-state index in [1.165, 1.54) is 0 Å². The molecule has 4 aromatic rings. The van der Waals surface area contributed by atoms with Crippen molar-refractivity contribution in [3.05, 3.63) is 89.6 Å². The van der Waals surface area contributed by atoms with Gasteiger partial charge >= 0.3 is 0 Å². The van der Waals surface area contributed by atoms with Gasteiger partial charge in [-0.15, -0.1) is 0 Å². The molecule has 0 bridgehead atoms. The predicted molar refractivity (Wildman–Crippen MR) is 183 cm³/mol. The normalized spacial score (nSPS) is 14.0. The highest BCUT2D eigenvalue weighted by Gasteiger charge is 2.17. The maximum atomic E-state index is 13.3. The number of carbonyl (C=O) groups is 2. The van der Waals surface area contributed by atoms with Crippen molar-refractivity contribution in [1.29, 1.82) is 0 Å². The first kappa shape index (κ1) is 31.9. The third kappa shape index (κ3) is 8.78. The van der Waals surface area contributed by atoms with Crippen molar-refractivity contribution in [1.82, 2.24) is 24.7 Å². The van der Waals surface area contributed by atoms with Crippen LogP contribution in [0.5, 0.6) is 0 Å². The second kappa shape index (κ2) is 15.0. The van der Waals surface area contributed by atoms with Gasteiger partial charge in [0, 0.05) is 87.0 Å². The Morgan fingerprint density at radius 3 is 2.47 bits per heavy atom. The second-order valence-electron chi connectivity index (χ2n) is 11.3. The lowest BCUT2D eigenvalue weighted by molar-refractivity contribution is -0.116. The highest BCUT2D eigenvalue weighted by molar-refractivity contribution is 6.31. The Bertz CT molecular complexity index is 1670. The van der Waals surface area contributed by atoms with Crippen molar-refractivity contribution >= 4 is 51.5 Å². The average molecular weight is 627 g/mol. The third-order valence-electron chi connectivity index (χ3n) is 7.55. The highest BCUT2D eigenvalue weighted by Crippen LogP contribution is 2.32. The lowest BCUT2D eigenvalue weighted by atomic mass is 10.1. The molecule has 2 amide bonds. The van der Waals surface area contributed by atoms with Gasteiger partial charge in [0.25, 0.3) is 5.91 Å². The molecule has 1 saturated heterocycles. The zero-order valence-corrected chi connectivity index (χ0v) is 26.6. The largest absolute Gasteiger partial charge is 0.384 e. The number of likely N-dealkylation sites (N-methyl/N-ethyl adjacent to an activating group) is 1. The molecule has 45 heavy (non-hydrogen) atoms. The average Bonchev–Trinajstić information content (AvgIpc) is 3.03. The first-order chi connectivity index (χ1) is 21.7. The lowest BCUT2D eigenvalue weighted by Gasteiger charge is -2.32. The van der Waals surface area contributed by atoms with Crippen LogP contribution in [0, 0.1) is 0 Å². The summed E-state index contributed by atoms with van der Waals surface area (Å²) in [6, 6.07) is 19.9. The smallest absolute Gasteiger partial charge is 0.255 e. The van der Waals surface area contributed by atoms with Crippen LogP contribution >= 0.6 is 11.6 Å². The van der Waals surface area contributed by atoms with Gasteiger partial charge in [-0.05, 0) is 73.9 Å². The number of nitrogens with one attached hydrogen (secondary N) is 3. The van der Waals surface area contributed by atoms with E-state index >= 15 is 0 Å². The van der Waals surface area contributed by atoms with Gasteiger partial charge in [0.2, 0.25) is 5.91 Å². The summed E-state index contributed by atoms with van der Waals surface area (Å²) in [7, 11) is 6.05. The Morgan fingerprint density at radius 2 is 1.71 bits per heavy atom. The van der Waals surface area contributed by atoms with Gasteiger partial charge in [-0.2, -0.15) is 0 Å². The Balaban J connectivity index is 1.28. The Kier molecular flexibility index (Phi) is 10.6. The summed E-state index contributed by atoms with van der Waals surface area (Å²) in [5, 5.41) is 10.7. The SMILES string of the molecule is CN(C)/C=C/CNc1nc(-c2ccc(Cl)cc2NC(=O)c2ccc(NC(=O)CCN3CCN(C)CC3)cc2)nc2ccccc12. The van der Waals surface area contributed by atoms with Crippen LogP contribution in [-0.4, -0.2) is 96.9 Å². The molecule has 10 nitrogen and oxygen atoms in total. The van der Waals surface area contributed by atoms with Gasteiger partial charge in [-0.25, -0.2) is 9.97 Å². The number of piperazine rings is 1. The topological polar surface area (TPSA) is 106 Å². The first-order valence-electron chi connectivity index (χ1n) is 15.0. The maximum Gasteiger partial charge on any atom is 0.255 e. The second-order valence-corrected chi connectivity index (χ2v) is 11.7. The number of fused-ring (bicyclic) bond motifs is 1. The van der Waals surface area contributed by atoms with Gasteiger partial charge in [0.1, 0.15) is 5.82 Å². The molecule has 11 heteroatoms. The standard InChI is InChI=1S/C34H39ClN8O2/c1-41(2)17-6-16-36-32-27-7-4-5-8-29(27)38-33(40-32)28-14-11-25(35)23-30(28)39-34(45)24-9-12-26(13-10-24)37-31(44)15-18-43-21-19-42(3)20-22-43/h4-14,17,23H,15-16,18-22H2,1-3H3,(H,37,44)(H,39,45)(H,36,38,40)/b17-6+. The minimum Gasteiger partial charge on any atom is -0.384 e. The van der Waals surface area contributed by atoms with Gasteiger partial charge in [0.05, 0.1) is 11.2 Å². The Hall–Kier alpha value is -4.51. The molecule has 3 N–H and O–H groups in total. The summed E-state index contributed by atoms with van der Waals surface area (Å²) in [6.45, 7) is 5.29. The number of nitrogens with zero attached hydrogens (tertiary/aromatic N) is 5. The number of amides is 2. The monoisotopic (exact) mass is 626 g/mol. The highest BCUT2D eigenvalue weighted by atomic mass is 35.5. The van der Waals surface area contributed by atoms with Crippen LogP contribution in [0.25, 0.3) is 22.3 Å². The van der Waals surface area contributed by atoms with Gasteiger partial charge in [-0.1, -0.05) is 23.7 Å². The van der Waals surface area contributed by atoms with E-state index < -0.39 is 0 Å². The lowest BCUT2D eigenvalue weighted by Crippen LogP contribution is -2.45. The molecule has 5 rings (SSSR count). The van der Waals surface area contributed by atoms with Gasteiger partial charge in [0.15, 0.2) is 5.82 Å². The van der Waals surface area contributed by atoms with Crippen molar-refractivity contribution in [3.63, 3.8) is 0 Å². The van der Waals surface area contributed by atoms with Crippen molar-refractivity contribution in [2.75, 3.05) is 76.4 Å². The molecule has 0 aliphatic carbocycles. The quantitative estimate of drug-likeness (QED) is 0.207. The number of para-hydroxylation sites is 1. The molecule has 234 valence electrons. The van der Waals surface area contributed by atoms with E-state index in [4.69, 9.17) is 21.6 Å². The number of aromatic nitrogens is 2. The number of halogens is 1. The fourth-order valence-corrected chi connectivity index (χ4v) is 5.19. The number of carbonyl (C=O) groups excluding carboxylic acids is 2. The number of hydrogen-bond acceptors (Lipinski definition) is 8. The fraction of sp³-hybridized carbons (Fsp3) is 0.294. The van der Waals surface area contributed by atoms with E-state index in [2.05, 4.69) is 32.8 Å². The molecular weight excluding hydrogens is 588 g/mol. The van der Waals surface area contributed by atoms with Crippen LogP contribution in [0.15, 0.2) is 79.0 Å². The molecule has 2 heterocycles. The number of benzene rings is 3. The molecule has 0 atom stereocenters. The van der Waals surface area contributed by atoms with Crippen molar-refractivity contribution < 1.29 is 9.59 Å². The van der Waals surface area contributed by atoms with Crippen molar-refractivity contribution in [3.8, 4) is 11.4 Å². The molecule has 1 aliphatic rings. The molecule has 0 spiro atoms.